The second-order valence-electron chi connectivity index (χ2n) is 4.56. The van der Waals surface area contributed by atoms with Gasteiger partial charge >= 0.3 is 11.9 Å². The van der Waals surface area contributed by atoms with E-state index in [1.165, 1.54) is 4.31 Å². The zero-order valence-electron chi connectivity index (χ0n) is 12.3. The fourth-order valence-electron chi connectivity index (χ4n) is 2.05. The molecule has 0 amide bonds. The molecule has 0 aromatic rings. The summed E-state index contributed by atoms with van der Waals surface area (Å²) in [6.45, 7) is 3.95. The molecule has 1 aliphatic rings. The Morgan fingerprint density at radius 1 is 1.14 bits per heavy atom. The number of hydrogen-bond donors (Lipinski definition) is 1. The van der Waals surface area contributed by atoms with Crippen molar-refractivity contribution in [3.63, 3.8) is 0 Å². The Hall–Kier alpha value is -1.19. The van der Waals surface area contributed by atoms with Gasteiger partial charge in [0.2, 0.25) is 0 Å². The molecule has 9 heteroatoms. The summed E-state index contributed by atoms with van der Waals surface area (Å²) in [5.74, 6) is -1.17. The SMILES string of the molecule is CCOC(=O)CNS(=O)(=O)N1CCC(C(=O)OCC)CC1. The maximum atomic E-state index is 12.0. The second-order valence-corrected chi connectivity index (χ2v) is 6.31. The van der Waals surface area contributed by atoms with Crippen LogP contribution in [0.5, 0.6) is 0 Å². The highest BCUT2D eigenvalue weighted by atomic mass is 32.2. The second kappa shape index (κ2) is 8.30. The molecule has 1 heterocycles. The van der Waals surface area contributed by atoms with E-state index in [4.69, 9.17) is 4.74 Å². The summed E-state index contributed by atoms with van der Waals surface area (Å²) in [4.78, 5) is 22.7. The van der Waals surface area contributed by atoms with Crippen LogP contribution in [-0.2, 0) is 29.3 Å². The van der Waals surface area contributed by atoms with Gasteiger partial charge in [-0.15, -0.1) is 0 Å². The van der Waals surface area contributed by atoms with Gasteiger partial charge in [-0.3, -0.25) is 9.59 Å². The third-order valence-corrected chi connectivity index (χ3v) is 4.67. The third-order valence-electron chi connectivity index (χ3n) is 3.12. The van der Waals surface area contributed by atoms with Crippen LogP contribution in [0.2, 0.25) is 0 Å². The quantitative estimate of drug-likeness (QED) is 0.643. The topological polar surface area (TPSA) is 102 Å². The van der Waals surface area contributed by atoms with Gasteiger partial charge in [-0.05, 0) is 26.7 Å². The Kier molecular flexibility index (Phi) is 7.06. The molecule has 0 aliphatic carbocycles. The van der Waals surface area contributed by atoms with Gasteiger partial charge in [-0.25, -0.2) is 0 Å². The highest BCUT2D eigenvalue weighted by Gasteiger charge is 2.31. The predicted molar refractivity (Wildman–Crippen MR) is 74.5 cm³/mol. The first-order valence-corrected chi connectivity index (χ1v) is 8.41. The molecule has 0 spiro atoms. The summed E-state index contributed by atoms with van der Waals surface area (Å²) in [7, 11) is -3.73. The predicted octanol–water partition coefficient (Wildman–Crippen LogP) is -0.341. The van der Waals surface area contributed by atoms with Crippen LogP contribution < -0.4 is 4.72 Å². The Bertz CT molecular complexity index is 456. The largest absolute Gasteiger partial charge is 0.466 e. The molecule has 0 bridgehead atoms. The summed E-state index contributed by atoms with van der Waals surface area (Å²) in [5.41, 5.74) is 0. The van der Waals surface area contributed by atoms with Crippen LogP contribution >= 0.6 is 0 Å². The minimum Gasteiger partial charge on any atom is -0.466 e. The van der Waals surface area contributed by atoms with Gasteiger partial charge < -0.3 is 9.47 Å². The van der Waals surface area contributed by atoms with Gasteiger partial charge in [0, 0.05) is 13.1 Å². The molecule has 0 radical (unpaired) electrons. The van der Waals surface area contributed by atoms with E-state index in [1.807, 2.05) is 0 Å². The van der Waals surface area contributed by atoms with E-state index in [0.29, 0.717) is 19.4 Å². The van der Waals surface area contributed by atoms with Gasteiger partial charge in [0.05, 0.1) is 19.1 Å². The van der Waals surface area contributed by atoms with Gasteiger partial charge in [-0.1, -0.05) is 0 Å². The summed E-state index contributed by atoms with van der Waals surface area (Å²) in [6.07, 6.45) is 0.832. The number of nitrogens with zero attached hydrogens (tertiary/aromatic N) is 1. The lowest BCUT2D eigenvalue weighted by atomic mass is 9.98. The summed E-state index contributed by atoms with van der Waals surface area (Å²) in [6, 6.07) is 0. The average molecular weight is 322 g/mol. The van der Waals surface area contributed by atoms with E-state index < -0.39 is 22.7 Å². The smallest absolute Gasteiger partial charge is 0.321 e. The van der Waals surface area contributed by atoms with E-state index >= 15 is 0 Å². The minimum absolute atomic E-state index is 0.200. The van der Waals surface area contributed by atoms with Crippen LogP contribution in [0, 0.1) is 5.92 Å². The Balaban J connectivity index is 2.45. The first-order valence-electron chi connectivity index (χ1n) is 6.97. The highest BCUT2D eigenvalue weighted by Crippen LogP contribution is 2.20. The molecule has 0 aromatic carbocycles. The number of carbonyl (C=O) groups excluding carboxylic acids is 2. The number of nitrogens with one attached hydrogen (secondary N) is 1. The maximum absolute atomic E-state index is 12.0. The highest BCUT2D eigenvalue weighted by molar-refractivity contribution is 7.87. The van der Waals surface area contributed by atoms with Crippen molar-refractivity contribution in [1.29, 1.82) is 0 Å². The van der Waals surface area contributed by atoms with Crippen molar-refractivity contribution in [2.75, 3.05) is 32.8 Å². The lowest BCUT2D eigenvalue weighted by molar-refractivity contribution is -0.149. The molecule has 0 unspecified atom stereocenters. The number of hydrogen-bond acceptors (Lipinski definition) is 6. The van der Waals surface area contributed by atoms with Crippen molar-refractivity contribution in [3.8, 4) is 0 Å². The van der Waals surface area contributed by atoms with E-state index in [-0.39, 0.29) is 31.6 Å². The molecular formula is C12H22N2O6S. The first kappa shape index (κ1) is 17.9. The van der Waals surface area contributed by atoms with Crippen molar-refractivity contribution < 1.29 is 27.5 Å². The molecule has 0 aromatic heterocycles. The monoisotopic (exact) mass is 322 g/mol. The lowest BCUT2D eigenvalue weighted by Crippen LogP contribution is -2.47. The summed E-state index contributed by atoms with van der Waals surface area (Å²) >= 11 is 0. The zero-order valence-corrected chi connectivity index (χ0v) is 13.1. The molecule has 122 valence electrons. The first-order chi connectivity index (χ1) is 9.90. The number of esters is 2. The Labute approximate surface area is 125 Å². The van der Waals surface area contributed by atoms with Crippen LogP contribution in [0.25, 0.3) is 0 Å². The maximum Gasteiger partial charge on any atom is 0.321 e. The normalized spacial score (nSPS) is 17.4. The molecule has 8 nitrogen and oxygen atoms in total. The fourth-order valence-corrected chi connectivity index (χ4v) is 3.22. The minimum atomic E-state index is -3.73. The molecule has 1 rings (SSSR count). The summed E-state index contributed by atoms with van der Waals surface area (Å²) in [5, 5.41) is 0. The third kappa shape index (κ3) is 5.60. The Morgan fingerprint density at radius 2 is 1.71 bits per heavy atom. The van der Waals surface area contributed by atoms with Crippen molar-refractivity contribution in [2.45, 2.75) is 26.7 Å². The van der Waals surface area contributed by atoms with Crippen molar-refractivity contribution in [1.82, 2.24) is 9.03 Å². The molecule has 1 aliphatic heterocycles. The average Bonchev–Trinajstić information content (AvgIpc) is 2.46. The Morgan fingerprint density at radius 3 is 2.24 bits per heavy atom. The van der Waals surface area contributed by atoms with Gasteiger partial charge in [0.15, 0.2) is 0 Å². The lowest BCUT2D eigenvalue weighted by Gasteiger charge is -2.29. The fraction of sp³-hybridized carbons (Fsp3) is 0.833. The molecule has 0 saturated carbocycles. The van der Waals surface area contributed by atoms with Gasteiger partial charge in [0.1, 0.15) is 6.54 Å². The molecule has 0 atom stereocenters. The van der Waals surface area contributed by atoms with E-state index in [9.17, 15) is 18.0 Å². The van der Waals surface area contributed by atoms with Gasteiger partial charge in [0.25, 0.3) is 10.2 Å². The van der Waals surface area contributed by atoms with Crippen LogP contribution in [0.1, 0.15) is 26.7 Å². The van der Waals surface area contributed by atoms with E-state index in [0.717, 1.165) is 0 Å². The van der Waals surface area contributed by atoms with Gasteiger partial charge in [-0.2, -0.15) is 17.4 Å². The zero-order chi connectivity index (χ0) is 15.9. The number of carbonyl (C=O) groups is 2. The number of piperidine rings is 1. The van der Waals surface area contributed by atoms with Crippen LogP contribution in [0.4, 0.5) is 0 Å². The molecule has 21 heavy (non-hydrogen) atoms. The summed E-state index contributed by atoms with van der Waals surface area (Å²) < 4.78 is 37.0. The molecule has 1 saturated heterocycles. The van der Waals surface area contributed by atoms with E-state index in [1.54, 1.807) is 13.8 Å². The van der Waals surface area contributed by atoms with Crippen molar-refractivity contribution >= 4 is 22.1 Å². The number of ether oxygens (including phenoxy) is 2. The van der Waals surface area contributed by atoms with Crippen molar-refractivity contribution in [3.05, 3.63) is 0 Å². The van der Waals surface area contributed by atoms with E-state index in [2.05, 4.69) is 9.46 Å². The standard InChI is InChI=1S/C12H22N2O6S/c1-3-19-11(15)9-13-21(17,18)14-7-5-10(6-8-14)12(16)20-4-2/h10,13H,3-9H2,1-2H3. The molecule has 1 N–H and O–H groups in total. The van der Waals surface area contributed by atoms with Crippen molar-refractivity contribution in [2.24, 2.45) is 5.92 Å². The molecular weight excluding hydrogens is 300 g/mol. The van der Waals surface area contributed by atoms with Crippen LogP contribution in [0.3, 0.4) is 0 Å². The van der Waals surface area contributed by atoms with Crippen LogP contribution in [0.15, 0.2) is 0 Å². The number of rotatable bonds is 7. The van der Waals surface area contributed by atoms with Crippen LogP contribution in [-0.4, -0.2) is 57.5 Å². The molecule has 1 fully saturated rings.